The minimum Gasteiger partial charge on any atom is -0.239 e. The van der Waals surface area contributed by atoms with Crippen LogP contribution in [-0.4, -0.2) is 20.6 Å². The van der Waals surface area contributed by atoms with E-state index in [2.05, 4.69) is 20.6 Å². The third kappa shape index (κ3) is 1.48. The summed E-state index contributed by atoms with van der Waals surface area (Å²) in [6.45, 7) is 1.91. The Morgan fingerprint density at radius 2 is 2.29 bits per heavy atom. The quantitative estimate of drug-likeness (QED) is 0.785. The molecule has 0 aliphatic rings. The maximum Gasteiger partial charge on any atom is 0.179 e. The lowest BCUT2D eigenvalue weighted by Gasteiger charge is -2.00. The molecule has 4 nitrogen and oxygen atoms in total. The molecule has 2 rings (SSSR count). The van der Waals surface area contributed by atoms with Crippen LogP contribution >= 0.6 is 0 Å². The van der Waals surface area contributed by atoms with E-state index >= 15 is 0 Å². The standard InChI is InChI=1S/C9H9FN4/c1-2-6-3-4-7(5-8(6)10)9-11-13-14-12-9/h3-5H,2H2,1H3,(H,11,12,13,14). The first-order chi connectivity index (χ1) is 6.81. The Kier molecular flexibility index (Phi) is 2.22. The zero-order valence-electron chi connectivity index (χ0n) is 7.66. The molecule has 1 aromatic carbocycles. The summed E-state index contributed by atoms with van der Waals surface area (Å²) in [5.74, 6) is 0.257. The molecule has 2 aromatic rings. The molecule has 0 aliphatic carbocycles. The molecular weight excluding hydrogens is 183 g/mol. The summed E-state index contributed by atoms with van der Waals surface area (Å²) in [4.78, 5) is 0. The normalized spacial score (nSPS) is 10.4. The summed E-state index contributed by atoms with van der Waals surface area (Å²) in [5, 5.41) is 13.1. The predicted octanol–water partition coefficient (Wildman–Crippen LogP) is 1.57. The predicted molar refractivity (Wildman–Crippen MR) is 48.9 cm³/mol. The smallest absolute Gasteiger partial charge is 0.179 e. The molecule has 0 aliphatic heterocycles. The first-order valence-electron chi connectivity index (χ1n) is 4.33. The van der Waals surface area contributed by atoms with Crippen LogP contribution in [0.5, 0.6) is 0 Å². The molecule has 14 heavy (non-hydrogen) atoms. The lowest BCUT2D eigenvalue weighted by atomic mass is 10.1. The van der Waals surface area contributed by atoms with Gasteiger partial charge in [0.2, 0.25) is 0 Å². The van der Waals surface area contributed by atoms with Gasteiger partial charge in [-0.2, -0.15) is 0 Å². The molecule has 0 unspecified atom stereocenters. The van der Waals surface area contributed by atoms with Crippen molar-refractivity contribution < 1.29 is 4.39 Å². The number of benzene rings is 1. The Morgan fingerprint density at radius 1 is 1.43 bits per heavy atom. The number of aromatic nitrogens is 4. The average Bonchev–Trinajstić information content (AvgIpc) is 2.70. The first kappa shape index (κ1) is 8.80. The molecule has 0 saturated carbocycles. The van der Waals surface area contributed by atoms with E-state index in [1.54, 1.807) is 12.1 Å². The minimum absolute atomic E-state index is 0.221. The topological polar surface area (TPSA) is 54.5 Å². The molecule has 0 fully saturated rings. The van der Waals surface area contributed by atoms with Crippen molar-refractivity contribution in [1.29, 1.82) is 0 Å². The van der Waals surface area contributed by atoms with E-state index in [0.29, 0.717) is 23.4 Å². The summed E-state index contributed by atoms with van der Waals surface area (Å²) in [7, 11) is 0. The van der Waals surface area contributed by atoms with Crippen molar-refractivity contribution in [3.8, 4) is 11.4 Å². The van der Waals surface area contributed by atoms with Crippen molar-refractivity contribution in [3.05, 3.63) is 29.6 Å². The first-order valence-corrected chi connectivity index (χ1v) is 4.33. The van der Waals surface area contributed by atoms with Crippen LogP contribution in [0.25, 0.3) is 11.4 Å². The van der Waals surface area contributed by atoms with E-state index in [-0.39, 0.29) is 5.82 Å². The zero-order valence-corrected chi connectivity index (χ0v) is 7.66. The second-order valence-corrected chi connectivity index (χ2v) is 2.91. The van der Waals surface area contributed by atoms with E-state index < -0.39 is 0 Å². The van der Waals surface area contributed by atoms with Gasteiger partial charge in [0.15, 0.2) is 5.82 Å². The maximum absolute atomic E-state index is 13.4. The number of H-pyrrole nitrogens is 1. The lowest BCUT2D eigenvalue weighted by molar-refractivity contribution is 0.612. The maximum atomic E-state index is 13.4. The minimum atomic E-state index is -0.221. The van der Waals surface area contributed by atoms with Gasteiger partial charge in [0, 0.05) is 5.56 Å². The van der Waals surface area contributed by atoms with Gasteiger partial charge in [-0.25, -0.2) is 9.49 Å². The molecule has 1 aromatic heterocycles. The van der Waals surface area contributed by atoms with Crippen molar-refractivity contribution in [2.45, 2.75) is 13.3 Å². The molecule has 5 heteroatoms. The number of aryl methyl sites for hydroxylation is 1. The fraction of sp³-hybridized carbons (Fsp3) is 0.222. The van der Waals surface area contributed by atoms with Crippen LogP contribution in [0.3, 0.4) is 0 Å². The Labute approximate surface area is 80.2 Å². The van der Waals surface area contributed by atoms with Gasteiger partial charge in [-0.15, -0.1) is 5.10 Å². The molecule has 1 N–H and O–H groups in total. The third-order valence-corrected chi connectivity index (χ3v) is 2.05. The van der Waals surface area contributed by atoms with Crippen LogP contribution in [0.1, 0.15) is 12.5 Å². The van der Waals surface area contributed by atoms with E-state index in [1.807, 2.05) is 6.92 Å². The van der Waals surface area contributed by atoms with E-state index in [0.717, 1.165) is 0 Å². The van der Waals surface area contributed by atoms with Crippen molar-refractivity contribution in [3.63, 3.8) is 0 Å². The zero-order chi connectivity index (χ0) is 9.97. The lowest BCUT2D eigenvalue weighted by Crippen LogP contribution is -1.89. The van der Waals surface area contributed by atoms with Crippen molar-refractivity contribution in [2.24, 2.45) is 0 Å². The fourth-order valence-electron chi connectivity index (χ4n) is 1.26. The van der Waals surface area contributed by atoms with E-state index in [1.165, 1.54) is 6.07 Å². The third-order valence-electron chi connectivity index (χ3n) is 2.05. The second-order valence-electron chi connectivity index (χ2n) is 2.91. The van der Waals surface area contributed by atoms with Gasteiger partial charge >= 0.3 is 0 Å². The number of tetrazole rings is 1. The molecule has 1 heterocycles. The van der Waals surface area contributed by atoms with Crippen LogP contribution in [0.15, 0.2) is 18.2 Å². The summed E-state index contributed by atoms with van der Waals surface area (Å²) >= 11 is 0. The highest BCUT2D eigenvalue weighted by atomic mass is 19.1. The summed E-state index contributed by atoms with van der Waals surface area (Å²) < 4.78 is 13.4. The largest absolute Gasteiger partial charge is 0.239 e. The van der Waals surface area contributed by atoms with Gasteiger partial charge in [-0.1, -0.05) is 19.1 Å². The fourth-order valence-corrected chi connectivity index (χ4v) is 1.26. The van der Waals surface area contributed by atoms with Crippen molar-refractivity contribution >= 4 is 0 Å². The van der Waals surface area contributed by atoms with Crippen LogP contribution < -0.4 is 0 Å². The number of hydrogen-bond donors (Lipinski definition) is 1. The Hall–Kier alpha value is -1.78. The summed E-state index contributed by atoms with van der Waals surface area (Å²) in [5.41, 5.74) is 1.35. The molecule has 0 radical (unpaired) electrons. The molecule has 0 amide bonds. The average molecular weight is 192 g/mol. The number of aromatic amines is 1. The molecular formula is C9H9FN4. The van der Waals surface area contributed by atoms with Crippen LogP contribution in [0.2, 0.25) is 0 Å². The molecule has 0 saturated heterocycles. The summed E-state index contributed by atoms with van der Waals surface area (Å²) in [6, 6.07) is 4.97. The summed E-state index contributed by atoms with van der Waals surface area (Å²) in [6.07, 6.45) is 0.681. The SMILES string of the molecule is CCc1ccc(-c2nnn[nH]2)cc1F. The molecule has 0 bridgehead atoms. The van der Waals surface area contributed by atoms with Gasteiger partial charge in [0.05, 0.1) is 0 Å². The number of rotatable bonds is 2. The monoisotopic (exact) mass is 192 g/mol. The second kappa shape index (κ2) is 3.53. The van der Waals surface area contributed by atoms with E-state index in [9.17, 15) is 4.39 Å². The highest BCUT2D eigenvalue weighted by Gasteiger charge is 2.05. The molecule has 0 spiro atoms. The molecule has 72 valence electrons. The number of nitrogens with zero attached hydrogens (tertiary/aromatic N) is 3. The Bertz CT molecular complexity index is 424. The highest BCUT2D eigenvalue weighted by Crippen LogP contribution is 2.17. The van der Waals surface area contributed by atoms with Crippen molar-refractivity contribution in [2.75, 3.05) is 0 Å². The van der Waals surface area contributed by atoms with Crippen LogP contribution in [0.4, 0.5) is 4.39 Å². The Balaban J connectivity index is 2.43. The van der Waals surface area contributed by atoms with Gasteiger partial charge in [-0.3, -0.25) is 0 Å². The van der Waals surface area contributed by atoms with Crippen LogP contribution in [0, 0.1) is 5.82 Å². The molecule has 0 atom stereocenters. The number of nitrogens with one attached hydrogen (secondary N) is 1. The van der Waals surface area contributed by atoms with Gasteiger partial charge in [0.1, 0.15) is 5.82 Å². The van der Waals surface area contributed by atoms with Gasteiger partial charge < -0.3 is 0 Å². The van der Waals surface area contributed by atoms with Gasteiger partial charge in [0.25, 0.3) is 0 Å². The van der Waals surface area contributed by atoms with E-state index in [4.69, 9.17) is 0 Å². The highest BCUT2D eigenvalue weighted by molar-refractivity contribution is 5.54. The van der Waals surface area contributed by atoms with Crippen molar-refractivity contribution in [1.82, 2.24) is 20.6 Å². The van der Waals surface area contributed by atoms with Crippen LogP contribution in [-0.2, 0) is 6.42 Å². The number of hydrogen-bond acceptors (Lipinski definition) is 3. The Morgan fingerprint density at radius 3 is 2.86 bits per heavy atom. The van der Waals surface area contributed by atoms with Gasteiger partial charge in [-0.05, 0) is 28.5 Å². The number of halogens is 1.